The molecule has 0 spiro atoms. The van der Waals surface area contributed by atoms with Crippen LogP contribution in [0.25, 0.3) is 0 Å². The second kappa shape index (κ2) is 10.2. The minimum Gasteiger partial charge on any atom is -0.348 e. The molecule has 0 atom stereocenters. The summed E-state index contributed by atoms with van der Waals surface area (Å²) in [6.07, 6.45) is 0. The van der Waals surface area contributed by atoms with Crippen molar-refractivity contribution >= 4 is 27.2 Å². The van der Waals surface area contributed by atoms with Crippen LogP contribution >= 0.6 is 12.2 Å². The molecule has 0 fully saturated rings. The average molecular weight is 487 g/mol. The van der Waals surface area contributed by atoms with Gasteiger partial charge in [0.2, 0.25) is 0 Å². The Labute approximate surface area is 206 Å². The molecule has 6 heteroatoms. The van der Waals surface area contributed by atoms with Gasteiger partial charge in [-0.2, -0.15) is 0 Å². The lowest BCUT2D eigenvalue weighted by Gasteiger charge is -2.37. The molecule has 0 aliphatic rings. The molecule has 4 aromatic rings. The molecular formula is C28H26N2O2S2. The van der Waals surface area contributed by atoms with Gasteiger partial charge in [-0.05, 0) is 48.0 Å². The molecule has 0 unspecified atom stereocenters. The zero-order chi connectivity index (χ0) is 24.0. The lowest BCUT2D eigenvalue weighted by atomic mass is 9.77. The van der Waals surface area contributed by atoms with Crippen LogP contribution in [0.2, 0.25) is 0 Å². The minimum atomic E-state index is -3.56. The van der Waals surface area contributed by atoms with Crippen molar-refractivity contribution in [2.24, 2.45) is 0 Å². The van der Waals surface area contributed by atoms with E-state index in [1.54, 1.807) is 24.3 Å². The first-order valence-corrected chi connectivity index (χ1v) is 13.0. The maximum atomic E-state index is 12.9. The fourth-order valence-electron chi connectivity index (χ4n) is 3.98. The van der Waals surface area contributed by atoms with Crippen LogP contribution in [-0.2, 0) is 15.4 Å². The summed E-state index contributed by atoms with van der Waals surface area (Å²) in [7, 11) is -3.56. The summed E-state index contributed by atoms with van der Waals surface area (Å²) < 4.78 is 25.7. The van der Waals surface area contributed by atoms with E-state index < -0.39 is 15.4 Å². The van der Waals surface area contributed by atoms with Gasteiger partial charge in [0.1, 0.15) is 11.4 Å². The van der Waals surface area contributed by atoms with Crippen molar-refractivity contribution < 1.29 is 8.42 Å². The zero-order valence-corrected chi connectivity index (χ0v) is 20.4. The van der Waals surface area contributed by atoms with Gasteiger partial charge in [0.05, 0.1) is 4.90 Å². The highest BCUT2D eigenvalue weighted by Gasteiger charge is 2.37. The van der Waals surface area contributed by atoms with Crippen molar-refractivity contribution in [2.45, 2.75) is 17.4 Å². The largest absolute Gasteiger partial charge is 0.348 e. The molecule has 0 radical (unpaired) electrons. The van der Waals surface area contributed by atoms with Gasteiger partial charge in [-0.15, -0.1) is 0 Å². The predicted molar refractivity (Wildman–Crippen MR) is 141 cm³/mol. The summed E-state index contributed by atoms with van der Waals surface area (Å²) >= 11 is 5.65. The molecule has 0 aliphatic heterocycles. The van der Waals surface area contributed by atoms with Gasteiger partial charge in [0, 0.05) is 0 Å². The number of benzene rings is 4. The molecule has 0 aromatic heterocycles. The van der Waals surface area contributed by atoms with Crippen LogP contribution in [0.3, 0.4) is 0 Å². The fraction of sp³-hybridized carbons (Fsp3) is 0.107. The van der Waals surface area contributed by atoms with E-state index in [2.05, 4.69) is 10.6 Å². The first-order valence-electron chi connectivity index (χ1n) is 10.9. The fourth-order valence-corrected chi connectivity index (χ4v) is 5.35. The number of hydrogen-bond donors (Lipinski definition) is 2. The topological polar surface area (TPSA) is 58.2 Å². The molecule has 0 amide bonds. The number of aryl methyl sites for hydroxylation is 1. The molecule has 4 aromatic carbocycles. The Morgan fingerprint density at radius 3 is 1.53 bits per heavy atom. The van der Waals surface area contributed by atoms with Crippen LogP contribution in [0.4, 0.5) is 0 Å². The standard InChI is InChI=1S/C28H26N2O2S2/c1-22-17-19-26(20-18-22)34(31,32)21-29-27(33)30-28(23-11-5-2-6-12-23,24-13-7-3-8-14-24)25-15-9-4-10-16-25/h2-20H,21H2,1H3,(H2,29,30,33). The molecule has 0 aliphatic carbocycles. The Balaban J connectivity index is 1.70. The van der Waals surface area contributed by atoms with E-state index in [0.29, 0.717) is 0 Å². The van der Waals surface area contributed by atoms with Crippen LogP contribution in [0.5, 0.6) is 0 Å². The Bertz CT molecular complexity index is 1240. The van der Waals surface area contributed by atoms with E-state index in [-0.39, 0.29) is 15.9 Å². The normalized spacial score (nSPS) is 11.6. The number of sulfone groups is 1. The van der Waals surface area contributed by atoms with Crippen molar-refractivity contribution in [3.05, 3.63) is 138 Å². The van der Waals surface area contributed by atoms with Gasteiger partial charge in [-0.25, -0.2) is 8.42 Å². The number of rotatable bonds is 7. The second-order valence-electron chi connectivity index (χ2n) is 8.05. The Hall–Kier alpha value is -3.48. The van der Waals surface area contributed by atoms with Gasteiger partial charge in [0.25, 0.3) is 0 Å². The highest BCUT2D eigenvalue weighted by molar-refractivity contribution is 7.91. The first-order chi connectivity index (χ1) is 16.4. The van der Waals surface area contributed by atoms with E-state index in [0.717, 1.165) is 22.3 Å². The van der Waals surface area contributed by atoms with Crippen LogP contribution in [-0.4, -0.2) is 19.4 Å². The summed E-state index contributed by atoms with van der Waals surface area (Å²) in [5, 5.41) is 6.64. The van der Waals surface area contributed by atoms with Crippen LogP contribution in [0, 0.1) is 6.92 Å². The molecular weight excluding hydrogens is 460 g/mol. The molecule has 172 valence electrons. The van der Waals surface area contributed by atoms with E-state index in [4.69, 9.17) is 12.2 Å². The summed E-state index contributed by atoms with van der Waals surface area (Å²) in [5.41, 5.74) is 3.14. The van der Waals surface area contributed by atoms with Gasteiger partial charge in [0.15, 0.2) is 14.9 Å². The third kappa shape index (κ3) is 5.03. The summed E-state index contributed by atoms with van der Waals surface area (Å²) in [5.74, 6) is -0.309. The quantitative estimate of drug-likeness (QED) is 0.278. The Morgan fingerprint density at radius 1 is 0.706 bits per heavy atom. The highest BCUT2D eigenvalue weighted by Crippen LogP contribution is 2.36. The molecule has 0 bridgehead atoms. The molecule has 2 N–H and O–H groups in total. The van der Waals surface area contributed by atoms with Crippen molar-refractivity contribution in [1.82, 2.24) is 10.6 Å². The summed E-state index contributed by atoms with van der Waals surface area (Å²) in [4.78, 5) is 0.258. The predicted octanol–water partition coefficient (Wildman–Crippen LogP) is 5.18. The van der Waals surface area contributed by atoms with Gasteiger partial charge in [-0.3, -0.25) is 0 Å². The lowest BCUT2D eigenvalue weighted by molar-refractivity contribution is 0.566. The lowest BCUT2D eigenvalue weighted by Crippen LogP contribution is -2.52. The highest BCUT2D eigenvalue weighted by atomic mass is 32.2. The molecule has 34 heavy (non-hydrogen) atoms. The third-order valence-electron chi connectivity index (χ3n) is 5.72. The molecule has 0 heterocycles. The van der Waals surface area contributed by atoms with Crippen molar-refractivity contribution in [3.63, 3.8) is 0 Å². The van der Waals surface area contributed by atoms with E-state index in [9.17, 15) is 8.42 Å². The maximum Gasteiger partial charge on any atom is 0.196 e. The van der Waals surface area contributed by atoms with E-state index in [1.165, 1.54) is 0 Å². The van der Waals surface area contributed by atoms with Crippen molar-refractivity contribution in [2.75, 3.05) is 5.88 Å². The number of hydrogen-bond acceptors (Lipinski definition) is 3. The van der Waals surface area contributed by atoms with Gasteiger partial charge >= 0.3 is 0 Å². The SMILES string of the molecule is Cc1ccc(S(=O)(=O)CNC(=S)NC(c2ccccc2)(c2ccccc2)c2ccccc2)cc1. The summed E-state index contributed by atoms with van der Waals surface area (Å²) in [6.45, 7) is 1.92. The Morgan fingerprint density at radius 2 is 1.12 bits per heavy atom. The third-order valence-corrected chi connectivity index (χ3v) is 7.49. The monoisotopic (exact) mass is 486 g/mol. The zero-order valence-electron chi connectivity index (χ0n) is 18.8. The summed E-state index contributed by atoms with van der Waals surface area (Å²) in [6, 6.07) is 36.8. The minimum absolute atomic E-state index is 0.243. The number of nitrogens with one attached hydrogen (secondary N) is 2. The number of thiocarbonyl (C=S) groups is 1. The van der Waals surface area contributed by atoms with Crippen molar-refractivity contribution in [1.29, 1.82) is 0 Å². The van der Waals surface area contributed by atoms with Crippen LogP contribution in [0.15, 0.2) is 120 Å². The molecule has 0 saturated heterocycles. The van der Waals surface area contributed by atoms with Gasteiger partial charge in [-0.1, -0.05) is 109 Å². The average Bonchev–Trinajstić information content (AvgIpc) is 2.88. The van der Waals surface area contributed by atoms with Gasteiger partial charge < -0.3 is 10.6 Å². The maximum absolute atomic E-state index is 12.9. The Kier molecular flexibility index (Phi) is 7.10. The van der Waals surface area contributed by atoms with Crippen molar-refractivity contribution in [3.8, 4) is 0 Å². The smallest absolute Gasteiger partial charge is 0.196 e. The molecule has 4 rings (SSSR count). The molecule has 0 saturated carbocycles. The second-order valence-corrected chi connectivity index (χ2v) is 10.4. The molecule has 4 nitrogen and oxygen atoms in total. The van der Waals surface area contributed by atoms with Crippen LogP contribution < -0.4 is 10.6 Å². The first kappa shape index (κ1) is 23.7. The van der Waals surface area contributed by atoms with E-state index in [1.807, 2.05) is 97.9 Å². The van der Waals surface area contributed by atoms with Crippen LogP contribution in [0.1, 0.15) is 22.3 Å². The van der Waals surface area contributed by atoms with E-state index >= 15 is 0 Å².